The summed E-state index contributed by atoms with van der Waals surface area (Å²) in [5.74, 6) is 0. The van der Waals surface area contributed by atoms with Crippen molar-refractivity contribution in [2.24, 2.45) is 0 Å². The maximum absolute atomic E-state index is 4.07. The summed E-state index contributed by atoms with van der Waals surface area (Å²) in [5, 5.41) is 1.88. The third kappa shape index (κ3) is 1.55. The Kier molecular flexibility index (Phi) is 2.21. The Balaban J connectivity index is 3.59. The van der Waals surface area contributed by atoms with Gasteiger partial charge in [0.05, 0.1) is 5.35 Å². The first-order valence-corrected chi connectivity index (χ1v) is 3.49. The summed E-state index contributed by atoms with van der Waals surface area (Å²) in [6, 6.07) is 3.89. The Morgan fingerprint density at radius 2 is 2.36 bits per heavy atom. The number of aromatic nitrogens is 1. The molecule has 1 heterocycles. The minimum absolute atomic E-state index is 0.810. The molecule has 0 unspecified atom stereocenters. The van der Waals surface area contributed by atoms with Crippen molar-refractivity contribution in [2.75, 3.05) is 0 Å². The molecule has 1 rings (SSSR count). The molecular formula is C10H11N. The van der Waals surface area contributed by atoms with Gasteiger partial charge in [-0.3, -0.25) is 4.98 Å². The molecule has 0 amide bonds. The van der Waals surface area contributed by atoms with Gasteiger partial charge in [0.15, 0.2) is 0 Å². The molecule has 0 aromatic carbocycles. The molecule has 0 atom stereocenters. The van der Waals surface area contributed by atoms with E-state index in [0.29, 0.717) is 0 Å². The molecular weight excluding hydrogens is 134 g/mol. The Morgan fingerprint density at radius 3 is 2.91 bits per heavy atom. The van der Waals surface area contributed by atoms with Gasteiger partial charge < -0.3 is 0 Å². The molecule has 1 heteroatoms. The van der Waals surface area contributed by atoms with Crippen molar-refractivity contribution in [3.63, 3.8) is 0 Å². The standard InChI is InChI=1S/C10H11N/c1-4-8(2)10-6-5-7-11-9(10)3/h4-7H,1,3H2,2H3. The predicted octanol–water partition coefficient (Wildman–Crippen LogP) is 0.849. The highest BCUT2D eigenvalue weighted by atomic mass is 14.6. The molecule has 11 heavy (non-hydrogen) atoms. The van der Waals surface area contributed by atoms with Crippen molar-refractivity contribution in [3.8, 4) is 0 Å². The molecule has 1 aromatic heterocycles. The van der Waals surface area contributed by atoms with E-state index in [1.807, 2.05) is 25.1 Å². The van der Waals surface area contributed by atoms with Crippen LogP contribution in [0.2, 0.25) is 0 Å². The third-order valence-corrected chi connectivity index (χ3v) is 1.62. The quantitative estimate of drug-likeness (QED) is 0.571. The lowest BCUT2D eigenvalue weighted by atomic mass is 10.2. The highest BCUT2D eigenvalue weighted by Gasteiger charge is 1.84. The monoisotopic (exact) mass is 145 g/mol. The van der Waals surface area contributed by atoms with Gasteiger partial charge in [0.25, 0.3) is 0 Å². The van der Waals surface area contributed by atoms with Crippen molar-refractivity contribution < 1.29 is 0 Å². The van der Waals surface area contributed by atoms with Crippen LogP contribution in [-0.4, -0.2) is 4.98 Å². The normalized spacial score (nSPS) is 12.5. The summed E-state index contributed by atoms with van der Waals surface area (Å²) in [4.78, 5) is 4.07. The van der Waals surface area contributed by atoms with Crippen molar-refractivity contribution >= 4 is 12.2 Å². The lowest BCUT2D eigenvalue weighted by Gasteiger charge is -1.90. The van der Waals surface area contributed by atoms with Crippen LogP contribution in [0.25, 0.3) is 12.2 Å². The van der Waals surface area contributed by atoms with Gasteiger partial charge in [0.2, 0.25) is 0 Å². The lowest BCUT2D eigenvalue weighted by molar-refractivity contribution is 1.22. The van der Waals surface area contributed by atoms with E-state index >= 15 is 0 Å². The smallest absolute Gasteiger partial charge is 0.0632 e. The van der Waals surface area contributed by atoms with Crippen LogP contribution < -0.4 is 10.6 Å². The number of nitrogens with zero attached hydrogens (tertiary/aromatic N) is 1. The van der Waals surface area contributed by atoms with E-state index in [2.05, 4.69) is 18.1 Å². The summed E-state index contributed by atoms with van der Waals surface area (Å²) in [6.07, 6.45) is 3.55. The summed E-state index contributed by atoms with van der Waals surface area (Å²) in [7, 11) is 0. The average Bonchev–Trinajstić information content (AvgIpc) is 2.04. The van der Waals surface area contributed by atoms with Gasteiger partial charge in [0, 0.05) is 11.4 Å². The highest BCUT2D eigenvalue weighted by molar-refractivity contribution is 5.52. The SMILES string of the molecule is C=CC(C)=c1cccnc1=C. The maximum atomic E-state index is 4.07. The zero-order chi connectivity index (χ0) is 8.27. The maximum Gasteiger partial charge on any atom is 0.0632 e. The largest absolute Gasteiger partial charge is 0.257 e. The van der Waals surface area contributed by atoms with E-state index in [1.54, 1.807) is 6.20 Å². The predicted molar refractivity (Wildman–Crippen MR) is 48.3 cm³/mol. The molecule has 0 spiro atoms. The van der Waals surface area contributed by atoms with Crippen molar-refractivity contribution in [1.29, 1.82) is 0 Å². The number of allylic oxidation sites excluding steroid dienone is 1. The number of pyridine rings is 1. The van der Waals surface area contributed by atoms with E-state index in [0.717, 1.165) is 16.1 Å². The summed E-state index contributed by atoms with van der Waals surface area (Å²) in [6.45, 7) is 9.49. The molecule has 0 saturated carbocycles. The van der Waals surface area contributed by atoms with E-state index < -0.39 is 0 Å². The zero-order valence-corrected chi connectivity index (χ0v) is 6.67. The van der Waals surface area contributed by atoms with E-state index in [1.165, 1.54) is 0 Å². The second-order valence-electron chi connectivity index (χ2n) is 2.38. The van der Waals surface area contributed by atoms with Gasteiger partial charge >= 0.3 is 0 Å². The molecule has 0 aliphatic carbocycles. The topological polar surface area (TPSA) is 12.9 Å². The minimum atomic E-state index is 0.810. The fourth-order valence-corrected chi connectivity index (χ4v) is 0.907. The fraction of sp³-hybridized carbons (Fsp3) is 0.100. The van der Waals surface area contributed by atoms with Crippen LogP contribution in [-0.2, 0) is 0 Å². The number of hydrogen-bond donors (Lipinski definition) is 0. The van der Waals surface area contributed by atoms with Gasteiger partial charge in [-0.15, -0.1) is 0 Å². The summed E-state index contributed by atoms with van der Waals surface area (Å²) < 4.78 is 0. The van der Waals surface area contributed by atoms with Crippen LogP contribution in [0.4, 0.5) is 0 Å². The van der Waals surface area contributed by atoms with E-state index in [4.69, 9.17) is 0 Å². The van der Waals surface area contributed by atoms with Gasteiger partial charge in [-0.1, -0.05) is 25.3 Å². The second-order valence-corrected chi connectivity index (χ2v) is 2.38. The molecule has 1 aromatic rings. The average molecular weight is 145 g/mol. The molecule has 1 nitrogen and oxygen atoms in total. The number of hydrogen-bond acceptors (Lipinski definition) is 1. The first-order valence-electron chi connectivity index (χ1n) is 3.49. The van der Waals surface area contributed by atoms with Crippen molar-refractivity contribution in [3.05, 3.63) is 41.6 Å². The first kappa shape index (κ1) is 7.73. The van der Waals surface area contributed by atoms with Crippen LogP contribution in [0.1, 0.15) is 6.92 Å². The van der Waals surface area contributed by atoms with E-state index in [-0.39, 0.29) is 0 Å². The Hall–Kier alpha value is -1.37. The lowest BCUT2D eigenvalue weighted by Crippen LogP contribution is -2.27. The first-order chi connectivity index (χ1) is 5.25. The molecule has 0 aliphatic rings. The highest BCUT2D eigenvalue weighted by Crippen LogP contribution is 1.86. The zero-order valence-electron chi connectivity index (χ0n) is 6.67. The molecule has 0 saturated heterocycles. The number of rotatable bonds is 1. The molecule has 0 N–H and O–H groups in total. The van der Waals surface area contributed by atoms with Crippen LogP contribution >= 0.6 is 0 Å². The summed E-state index contributed by atoms with van der Waals surface area (Å²) in [5.41, 5.74) is 1.11. The Bertz CT molecular complexity index is 363. The van der Waals surface area contributed by atoms with Crippen molar-refractivity contribution in [2.45, 2.75) is 6.92 Å². The Morgan fingerprint density at radius 1 is 1.64 bits per heavy atom. The van der Waals surface area contributed by atoms with Crippen LogP contribution in [0.3, 0.4) is 0 Å². The van der Waals surface area contributed by atoms with Crippen LogP contribution in [0.5, 0.6) is 0 Å². The van der Waals surface area contributed by atoms with Gasteiger partial charge in [0.1, 0.15) is 0 Å². The molecule has 0 fully saturated rings. The van der Waals surface area contributed by atoms with Crippen LogP contribution in [0.15, 0.2) is 31.0 Å². The summed E-state index contributed by atoms with van der Waals surface area (Å²) >= 11 is 0. The van der Waals surface area contributed by atoms with Gasteiger partial charge in [-0.05, 0) is 18.6 Å². The Labute approximate surface area is 66.4 Å². The fourth-order valence-electron chi connectivity index (χ4n) is 0.907. The second kappa shape index (κ2) is 3.15. The van der Waals surface area contributed by atoms with Crippen LogP contribution in [0, 0.1) is 0 Å². The minimum Gasteiger partial charge on any atom is -0.257 e. The molecule has 56 valence electrons. The molecule has 0 aliphatic heterocycles. The molecule has 0 radical (unpaired) electrons. The van der Waals surface area contributed by atoms with Gasteiger partial charge in [-0.2, -0.15) is 0 Å². The van der Waals surface area contributed by atoms with E-state index in [9.17, 15) is 0 Å². The van der Waals surface area contributed by atoms with Crippen molar-refractivity contribution in [1.82, 2.24) is 4.98 Å². The van der Waals surface area contributed by atoms with Gasteiger partial charge in [-0.25, -0.2) is 0 Å². The molecule has 0 bridgehead atoms. The third-order valence-electron chi connectivity index (χ3n) is 1.62.